The second-order valence-corrected chi connectivity index (χ2v) is 7.41. The van der Waals surface area contributed by atoms with Crippen LogP contribution in [0.5, 0.6) is 0 Å². The number of nitrogens with zero attached hydrogens (tertiary/aromatic N) is 2. The first-order chi connectivity index (χ1) is 10.8. The lowest BCUT2D eigenvalue weighted by Gasteiger charge is -2.23. The van der Waals surface area contributed by atoms with Gasteiger partial charge < -0.3 is 10.6 Å². The van der Waals surface area contributed by atoms with Crippen molar-refractivity contribution in [3.8, 4) is 0 Å². The van der Waals surface area contributed by atoms with Crippen molar-refractivity contribution in [1.82, 2.24) is 9.97 Å². The number of aryl methyl sites for hydroxylation is 1. The fourth-order valence-electron chi connectivity index (χ4n) is 2.39. The largest absolute Gasteiger partial charge is 0.370 e. The van der Waals surface area contributed by atoms with E-state index in [1.54, 1.807) is 0 Å². The van der Waals surface area contributed by atoms with E-state index in [-0.39, 0.29) is 5.41 Å². The van der Waals surface area contributed by atoms with E-state index in [2.05, 4.69) is 73.4 Å². The van der Waals surface area contributed by atoms with Gasteiger partial charge in [-0.3, -0.25) is 0 Å². The van der Waals surface area contributed by atoms with Gasteiger partial charge >= 0.3 is 0 Å². The normalized spacial score (nSPS) is 11.6. The van der Waals surface area contributed by atoms with E-state index in [4.69, 9.17) is 0 Å². The van der Waals surface area contributed by atoms with Crippen molar-refractivity contribution in [2.75, 3.05) is 17.2 Å². The van der Waals surface area contributed by atoms with E-state index >= 15 is 0 Å². The molecule has 124 valence electrons. The molecule has 0 radical (unpaired) electrons. The highest BCUT2D eigenvalue weighted by atomic mass is 15.1. The first-order valence-corrected chi connectivity index (χ1v) is 8.22. The predicted octanol–water partition coefficient (Wildman–Crippen LogP) is 4.89. The number of anilines is 3. The molecule has 1 aromatic carbocycles. The molecule has 0 atom stereocenters. The third-order valence-electron chi connectivity index (χ3n) is 3.53. The van der Waals surface area contributed by atoms with Gasteiger partial charge in [-0.25, -0.2) is 4.98 Å². The Bertz CT molecular complexity index is 657. The third-order valence-corrected chi connectivity index (χ3v) is 3.53. The standard InChI is InChI=1S/C19H28N4/c1-13(2)12-20-17-11-14(3)21-18(23-17)22-16-10-8-7-9-15(16)19(4,5)6/h7-11,13H,12H2,1-6H3,(H2,20,21,22,23). The van der Waals surface area contributed by atoms with Crippen LogP contribution in [0.4, 0.5) is 17.5 Å². The Morgan fingerprint density at radius 1 is 1.09 bits per heavy atom. The van der Waals surface area contributed by atoms with Crippen LogP contribution in [0.2, 0.25) is 0 Å². The van der Waals surface area contributed by atoms with Gasteiger partial charge in [0.1, 0.15) is 5.82 Å². The lowest BCUT2D eigenvalue weighted by atomic mass is 9.86. The van der Waals surface area contributed by atoms with Crippen LogP contribution in [-0.2, 0) is 5.41 Å². The van der Waals surface area contributed by atoms with Crippen molar-refractivity contribution in [2.45, 2.75) is 47.0 Å². The molecule has 23 heavy (non-hydrogen) atoms. The summed E-state index contributed by atoms with van der Waals surface area (Å²) in [5.41, 5.74) is 3.32. The molecule has 1 aromatic heterocycles. The molecule has 2 rings (SSSR count). The highest BCUT2D eigenvalue weighted by Gasteiger charge is 2.18. The Labute approximate surface area is 139 Å². The molecule has 0 fully saturated rings. The molecular weight excluding hydrogens is 284 g/mol. The summed E-state index contributed by atoms with van der Waals surface area (Å²) in [6.07, 6.45) is 0. The minimum Gasteiger partial charge on any atom is -0.370 e. The van der Waals surface area contributed by atoms with Gasteiger partial charge in [0.15, 0.2) is 0 Å². The molecule has 0 aliphatic heterocycles. The van der Waals surface area contributed by atoms with E-state index in [1.807, 2.05) is 19.1 Å². The maximum Gasteiger partial charge on any atom is 0.229 e. The zero-order valence-electron chi connectivity index (χ0n) is 15.1. The van der Waals surface area contributed by atoms with Gasteiger partial charge in [-0.05, 0) is 29.9 Å². The van der Waals surface area contributed by atoms with Gasteiger partial charge in [0, 0.05) is 24.0 Å². The van der Waals surface area contributed by atoms with Crippen LogP contribution in [0.15, 0.2) is 30.3 Å². The maximum absolute atomic E-state index is 4.59. The molecule has 0 aliphatic carbocycles. The Hall–Kier alpha value is -2.10. The number of rotatable bonds is 5. The first kappa shape index (κ1) is 17.3. The Morgan fingerprint density at radius 2 is 1.78 bits per heavy atom. The molecule has 2 aromatic rings. The summed E-state index contributed by atoms with van der Waals surface area (Å²) in [6.45, 7) is 13.9. The number of nitrogens with one attached hydrogen (secondary N) is 2. The average molecular weight is 312 g/mol. The second kappa shape index (κ2) is 6.99. The van der Waals surface area contributed by atoms with E-state index in [0.717, 1.165) is 23.7 Å². The van der Waals surface area contributed by atoms with Gasteiger partial charge in [0.05, 0.1) is 0 Å². The van der Waals surface area contributed by atoms with Gasteiger partial charge in [0.2, 0.25) is 5.95 Å². The molecule has 4 heteroatoms. The molecule has 0 aliphatic rings. The summed E-state index contributed by atoms with van der Waals surface area (Å²) in [6, 6.07) is 10.3. The molecule has 0 spiro atoms. The number of benzene rings is 1. The number of hydrogen-bond acceptors (Lipinski definition) is 4. The molecule has 0 saturated carbocycles. The summed E-state index contributed by atoms with van der Waals surface area (Å²) < 4.78 is 0. The van der Waals surface area contributed by atoms with Gasteiger partial charge in [-0.1, -0.05) is 52.8 Å². The molecule has 1 heterocycles. The minimum atomic E-state index is 0.0616. The summed E-state index contributed by atoms with van der Waals surface area (Å²) in [5, 5.41) is 6.75. The van der Waals surface area contributed by atoms with Crippen molar-refractivity contribution >= 4 is 17.5 Å². The van der Waals surface area contributed by atoms with Crippen molar-refractivity contribution < 1.29 is 0 Å². The van der Waals surface area contributed by atoms with Crippen LogP contribution < -0.4 is 10.6 Å². The zero-order valence-corrected chi connectivity index (χ0v) is 15.1. The lowest BCUT2D eigenvalue weighted by Crippen LogP contribution is -2.15. The van der Waals surface area contributed by atoms with Gasteiger partial charge in [0.25, 0.3) is 0 Å². The lowest BCUT2D eigenvalue weighted by molar-refractivity contribution is 0.592. The van der Waals surface area contributed by atoms with E-state index in [0.29, 0.717) is 11.9 Å². The molecule has 0 amide bonds. The maximum atomic E-state index is 4.59. The molecule has 0 saturated heterocycles. The highest BCUT2D eigenvalue weighted by Crippen LogP contribution is 2.30. The summed E-state index contributed by atoms with van der Waals surface area (Å²) >= 11 is 0. The quantitative estimate of drug-likeness (QED) is 0.825. The average Bonchev–Trinajstić information content (AvgIpc) is 2.44. The van der Waals surface area contributed by atoms with Crippen molar-refractivity contribution in [2.24, 2.45) is 5.92 Å². The van der Waals surface area contributed by atoms with Crippen LogP contribution >= 0.6 is 0 Å². The van der Waals surface area contributed by atoms with Crippen molar-refractivity contribution in [1.29, 1.82) is 0 Å². The molecule has 2 N–H and O–H groups in total. The molecule has 4 nitrogen and oxygen atoms in total. The summed E-state index contributed by atoms with van der Waals surface area (Å²) in [4.78, 5) is 9.11. The van der Waals surface area contributed by atoms with Crippen LogP contribution in [0.1, 0.15) is 45.9 Å². The van der Waals surface area contributed by atoms with Crippen LogP contribution in [0.25, 0.3) is 0 Å². The number of aromatic nitrogens is 2. The van der Waals surface area contributed by atoms with E-state index in [1.165, 1.54) is 5.56 Å². The van der Waals surface area contributed by atoms with Crippen LogP contribution in [-0.4, -0.2) is 16.5 Å². The molecule has 0 unspecified atom stereocenters. The van der Waals surface area contributed by atoms with E-state index < -0.39 is 0 Å². The fraction of sp³-hybridized carbons (Fsp3) is 0.474. The summed E-state index contributed by atoms with van der Waals surface area (Å²) in [7, 11) is 0. The smallest absolute Gasteiger partial charge is 0.229 e. The topological polar surface area (TPSA) is 49.8 Å². The van der Waals surface area contributed by atoms with Gasteiger partial charge in [-0.15, -0.1) is 0 Å². The monoisotopic (exact) mass is 312 g/mol. The Balaban J connectivity index is 2.27. The zero-order chi connectivity index (χ0) is 17.0. The highest BCUT2D eigenvalue weighted by molar-refractivity contribution is 5.61. The predicted molar refractivity (Wildman–Crippen MR) is 98.5 cm³/mol. The third kappa shape index (κ3) is 4.95. The first-order valence-electron chi connectivity index (χ1n) is 8.22. The second-order valence-electron chi connectivity index (χ2n) is 7.41. The fourth-order valence-corrected chi connectivity index (χ4v) is 2.39. The van der Waals surface area contributed by atoms with Crippen molar-refractivity contribution in [3.05, 3.63) is 41.6 Å². The minimum absolute atomic E-state index is 0.0616. The molecule has 0 bridgehead atoms. The van der Waals surface area contributed by atoms with Crippen LogP contribution in [0, 0.1) is 12.8 Å². The van der Waals surface area contributed by atoms with Crippen LogP contribution in [0.3, 0.4) is 0 Å². The number of hydrogen-bond donors (Lipinski definition) is 2. The van der Waals surface area contributed by atoms with E-state index in [9.17, 15) is 0 Å². The Kier molecular flexibility index (Phi) is 5.24. The van der Waals surface area contributed by atoms with Gasteiger partial charge in [-0.2, -0.15) is 4.98 Å². The number of para-hydroxylation sites is 1. The Morgan fingerprint density at radius 3 is 2.43 bits per heavy atom. The van der Waals surface area contributed by atoms with Crippen molar-refractivity contribution in [3.63, 3.8) is 0 Å². The SMILES string of the molecule is Cc1cc(NCC(C)C)nc(Nc2ccccc2C(C)(C)C)n1. The summed E-state index contributed by atoms with van der Waals surface area (Å²) in [5.74, 6) is 2.07. The molecular formula is C19H28N4.